The van der Waals surface area contributed by atoms with E-state index in [1.165, 1.54) is 0 Å². The molecule has 21 heavy (non-hydrogen) atoms. The molecule has 0 atom stereocenters. The standard InChI is InChI=1S/C17H16ClN3/c1-21(12-13-6-4-5-9-19-13)17-10-14(11-18)20-16-8-3-2-7-15(16)17/h2-10H,11-12H2,1H3. The summed E-state index contributed by atoms with van der Waals surface area (Å²) in [6.45, 7) is 0.747. The Morgan fingerprint density at radius 2 is 1.86 bits per heavy atom. The van der Waals surface area contributed by atoms with Crippen LogP contribution < -0.4 is 4.90 Å². The number of anilines is 1. The highest BCUT2D eigenvalue weighted by Gasteiger charge is 2.10. The highest BCUT2D eigenvalue weighted by atomic mass is 35.5. The number of pyridine rings is 2. The van der Waals surface area contributed by atoms with Crippen molar-refractivity contribution in [3.05, 3.63) is 66.1 Å². The summed E-state index contributed by atoms with van der Waals surface area (Å²) >= 11 is 5.97. The molecular weight excluding hydrogens is 282 g/mol. The minimum absolute atomic E-state index is 0.412. The van der Waals surface area contributed by atoms with E-state index in [9.17, 15) is 0 Å². The van der Waals surface area contributed by atoms with Crippen molar-refractivity contribution in [2.75, 3.05) is 11.9 Å². The number of hydrogen-bond acceptors (Lipinski definition) is 3. The highest BCUT2D eigenvalue weighted by molar-refractivity contribution is 6.17. The lowest BCUT2D eigenvalue weighted by Gasteiger charge is -2.21. The first-order valence-corrected chi connectivity index (χ1v) is 7.37. The number of halogens is 1. The first kappa shape index (κ1) is 13.8. The van der Waals surface area contributed by atoms with Crippen LogP contribution in [-0.4, -0.2) is 17.0 Å². The van der Waals surface area contributed by atoms with Crippen LogP contribution in [0.5, 0.6) is 0 Å². The van der Waals surface area contributed by atoms with E-state index in [0.717, 1.165) is 34.5 Å². The van der Waals surface area contributed by atoms with Crippen LogP contribution in [-0.2, 0) is 12.4 Å². The molecule has 3 rings (SSSR count). The molecule has 4 heteroatoms. The van der Waals surface area contributed by atoms with Crippen molar-refractivity contribution < 1.29 is 0 Å². The van der Waals surface area contributed by atoms with Gasteiger partial charge < -0.3 is 4.90 Å². The van der Waals surface area contributed by atoms with Crippen LogP contribution in [0.1, 0.15) is 11.4 Å². The van der Waals surface area contributed by atoms with Gasteiger partial charge in [0.05, 0.1) is 29.3 Å². The third-order valence-electron chi connectivity index (χ3n) is 3.42. The minimum Gasteiger partial charge on any atom is -0.368 e. The van der Waals surface area contributed by atoms with Gasteiger partial charge >= 0.3 is 0 Å². The third kappa shape index (κ3) is 2.98. The summed E-state index contributed by atoms with van der Waals surface area (Å²) in [7, 11) is 2.06. The Balaban J connectivity index is 2.02. The third-order valence-corrected chi connectivity index (χ3v) is 3.69. The smallest absolute Gasteiger partial charge is 0.0726 e. The molecule has 0 saturated carbocycles. The zero-order valence-electron chi connectivity index (χ0n) is 11.8. The molecule has 3 nitrogen and oxygen atoms in total. The minimum atomic E-state index is 0.412. The lowest BCUT2D eigenvalue weighted by molar-refractivity contribution is 0.886. The zero-order chi connectivity index (χ0) is 14.7. The first-order chi connectivity index (χ1) is 10.3. The molecule has 2 aromatic heterocycles. The van der Waals surface area contributed by atoms with Crippen molar-refractivity contribution in [2.24, 2.45) is 0 Å². The van der Waals surface area contributed by atoms with Crippen molar-refractivity contribution in [1.82, 2.24) is 9.97 Å². The topological polar surface area (TPSA) is 29.0 Å². The quantitative estimate of drug-likeness (QED) is 0.682. The highest BCUT2D eigenvalue weighted by Crippen LogP contribution is 2.27. The van der Waals surface area contributed by atoms with Gasteiger partial charge in [-0.25, -0.2) is 0 Å². The lowest BCUT2D eigenvalue weighted by Crippen LogP contribution is -2.18. The zero-order valence-corrected chi connectivity index (χ0v) is 12.6. The number of benzene rings is 1. The molecule has 106 valence electrons. The molecule has 0 unspecified atom stereocenters. The van der Waals surface area contributed by atoms with Crippen molar-refractivity contribution >= 4 is 28.2 Å². The normalized spacial score (nSPS) is 10.8. The molecule has 0 aliphatic carbocycles. The van der Waals surface area contributed by atoms with E-state index in [0.29, 0.717) is 5.88 Å². The second-order valence-corrected chi connectivity index (χ2v) is 5.23. The molecule has 0 radical (unpaired) electrons. The number of aromatic nitrogens is 2. The Morgan fingerprint density at radius 3 is 2.62 bits per heavy atom. The van der Waals surface area contributed by atoms with Gasteiger partial charge in [0, 0.05) is 24.3 Å². The average Bonchev–Trinajstić information content (AvgIpc) is 2.54. The molecule has 2 heterocycles. The van der Waals surface area contributed by atoms with Crippen molar-refractivity contribution in [1.29, 1.82) is 0 Å². The molecule has 0 bridgehead atoms. The SMILES string of the molecule is CN(Cc1ccccn1)c1cc(CCl)nc2ccccc12. The van der Waals surface area contributed by atoms with Gasteiger partial charge in [-0.2, -0.15) is 0 Å². The molecule has 0 N–H and O–H groups in total. The fraction of sp³-hybridized carbons (Fsp3) is 0.176. The van der Waals surface area contributed by atoms with Crippen molar-refractivity contribution in [3.8, 4) is 0 Å². The van der Waals surface area contributed by atoms with Gasteiger partial charge in [-0.05, 0) is 24.3 Å². The summed E-state index contributed by atoms with van der Waals surface area (Å²) in [4.78, 5) is 11.1. The Hall–Kier alpha value is -2.13. The predicted octanol–water partition coefficient (Wildman–Crippen LogP) is 4.01. The molecule has 0 spiro atoms. The fourth-order valence-electron chi connectivity index (χ4n) is 2.41. The van der Waals surface area contributed by atoms with Crippen LogP contribution in [0.15, 0.2) is 54.7 Å². The summed E-state index contributed by atoms with van der Waals surface area (Å²) in [5.41, 5.74) is 4.02. The maximum atomic E-state index is 5.97. The van der Waals surface area contributed by atoms with Gasteiger partial charge in [-0.3, -0.25) is 9.97 Å². The van der Waals surface area contributed by atoms with Crippen molar-refractivity contribution in [3.63, 3.8) is 0 Å². The van der Waals surface area contributed by atoms with Crippen LogP contribution in [0.3, 0.4) is 0 Å². The Morgan fingerprint density at radius 1 is 1.05 bits per heavy atom. The fourth-order valence-corrected chi connectivity index (χ4v) is 2.55. The monoisotopic (exact) mass is 297 g/mol. The Kier molecular flexibility index (Phi) is 4.02. The number of hydrogen-bond donors (Lipinski definition) is 0. The summed E-state index contributed by atoms with van der Waals surface area (Å²) in [6, 6.07) is 16.1. The Bertz CT molecular complexity index is 743. The molecule has 0 aliphatic heterocycles. The number of nitrogens with zero attached hydrogens (tertiary/aromatic N) is 3. The first-order valence-electron chi connectivity index (χ1n) is 6.83. The van der Waals surface area contributed by atoms with Crippen LogP contribution in [0.2, 0.25) is 0 Å². The summed E-state index contributed by atoms with van der Waals surface area (Å²) in [6.07, 6.45) is 1.82. The van der Waals surface area contributed by atoms with Gasteiger partial charge in [0.25, 0.3) is 0 Å². The number of fused-ring (bicyclic) bond motifs is 1. The van der Waals surface area contributed by atoms with E-state index in [4.69, 9.17) is 11.6 Å². The van der Waals surface area contributed by atoms with E-state index in [-0.39, 0.29) is 0 Å². The summed E-state index contributed by atoms with van der Waals surface area (Å²) in [5.74, 6) is 0.412. The van der Waals surface area contributed by atoms with Crippen LogP contribution >= 0.6 is 11.6 Å². The second kappa shape index (κ2) is 6.10. The van der Waals surface area contributed by atoms with Gasteiger partial charge in [-0.1, -0.05) is 24.3 Å². The Labute approximate surface area is 129 Å². The maximum absolute atomic E-state index is 5.97. The molecule has 0 saturated heterocycles. The van der Waals surface area contributed by atoms with E-state index >= 15 is 0 Å². The number of alkyl halides is 1. The van der Waals surface area contributed by atoms with E-state index in [1.807, 2.05) is 42.6 Å². The van der Waals surface area contributed by atoms with Crippen LogP contribution in [0.4, 0.5) is 5.69 Å². The van der Waals surface area contributed by atoms with Gasteiger partial charge in [0.1, 0.15) is 0 Å². The predicted molar refractivity (Wildman–Crippen MR) is 87.6 cm³/mol. The molecule has 0 fully saturated rings. The van der Waals surface area contributed by atoms with Crippen LogP contribution in [0.25, 0.3) is 10.9 Å². The van der Waals surface area contributed by atoms with E-state index < -0.39 is 0 Å². The van der Waals surface area contributed by atoms with Crippen molar-refractivity contribution in [2.45, 2.75) is 12.4 Å². The van der Waals surface area contributed by atoms with Gasteiger partial charge in [0.15, 0.2) is 0 Å². The number of para-hydroxylation sites is 1. The van der Waals surface area contributed by atoms with Gasteiger partial charge in [0.2, 0.25) is 0 Å². The summed E-state index contributed by atoms with van der Waals surface area (Å²) in [5, 5.41) is 1.13. The second-order valence-electron chi connectivity index (χ2n) is 4.96. The molecular formula is C17H16ClN3. The van der Waals surface area contributed by atoms with E-state index in [1.54, 1.807) is 0 Å². The average molecular weight is 298 g/mol. The van der Waals surface area contributed by atoms with E-state index in [2.05, 4.69) is 34.0 Å². The molecule has 0 amide bonds. The van der Waals surface area contributed by atoms with Gasteiger partial charge in [-0.15, -0.1) is 11.6 Å². The largest absolute Gasteiger partial charge is 0.368 e. The maximum Gasteiger partial charge on any atom is 0.0726 e. The summed E-state index contributed by atoms with van der Waals surface area (Å²) < 4.78 is 0. The molecule has 1 aromatic carbocycles. The number of rotatable bonds is 4. The molecule has 0 aliphatic rings. The lowest BCUT2D eigenvalue weighted by atomic mass is 10.1. The molecule has 3 aromatic rings. The van der Waals surface area contributed by atoms with Crippen LogP contribution in [0, 0.1) is 0 Å².